The topological polar surface area (TPSA) is 96.7 Å². The number of piperidine rings is 1. The van der Waals surface area contributed by atoms with Crippen LogP contribution in [-0.2, 0) is 14.8 Å². The first kappa shape index (κ1) is 16.8. The van der Waals surface area contributed by atoms with Crippen LogP contribution in [0.5, 0.6) is 0 Å². The maximum Gasteiger partial charge on any atom is 0.223 e. The quantitative estimate of drug-likeness (QED) is 0.840. The van der Waals surface area contributed by atoms with Crippen LogP contribution in [0.2, 0.25) is 0 Å². The second-order valence-electron chi connectivity index (χ2n) is 6.08. The minimum atomic E-state index is -3.26. The van der Waals surface area contributed by atoms with Gasteiger partial charge in [0.15, 0.2) is 5.65 Å². The van der Waals surface area contributed by atoms with Crippen molar-refractivity contribution in [1.82, 2.24) is 24.2 Å². The van der Waals surface area contributed by atoms with Crippen molar-refractivity contribution < 1.29 is 13.2 Å². The zero-order chi connectivity index (χ0) is 17.2. The van der Waals surface area contributed by atoms with E-state index in [1.54, 1.807) is 4.90 Å². The molecule has 0 saturated carbocycles. The van der Waals surface area contributed by atoms with E-state index in [1.165, 1.54) is 0 Å². The van der Waals surface area contributed by atoms with E-state index in [1.807, 2.05) is 28.8 Å². The standard InChI is InChI=1S/C15H21N5O3S/c1-24(22,23)16-8-7-14(21)19-9-4-5-12(11-19)15-18-17-13-6-2-3-10-20(13)15/h2-3,6,10,12,16H,4-5,7-9,11H2,1H3. The third kappa shape index (κ3) is 3.90. The van der Waals surface area contributed by atoms with Gasteiger partial charge >= 0.3 is 0 Å². The number of hydrogen-bond acceptors (Lipinski definition) is 5. The number of nitrogens with zero attached hydrogens (tertiary/aromatic N) is 4. The molecule has 24 heavy (non-hydrogen) atoms. The largest absolute Gasteiger partial charge is 0.342 e. The molecule has 3 rings (SSSR count). The summed E-state index contributed by atoms with van der Waals surface area (Å²) in [5.41, 5.74) is 0.799. The SMILES string of the molecule is CS(=O)(=O)NCCC(=O)N1CCCC(c2nnc3ccccn23)C1. The Morgan fingerprint density at radius 3 is 3.00 bits per heavy atom. The predicted molar refractivity (Wildman–Crippen MR) is 89.0 cm³/mol. The van der Waals surface area contributed by atoms with Gasteiger partial charge in [-0.05, 0) is 25.0 Å². The zero-order valence-corrected chi connectivity index (χ0v) is 14.4. The molecule has 0 bridgehead atoms. The summed E-state index contributed by atoms with van der Waals surface area (Å²) < 4.78 is 26.4. The number of aromatic nitrogens is 3. The smallest absolute Gasteiger partial charge is 0.223 e. The molecule has 3 heterocycles. The summed E-state index contributed by atoms with van der Waals surface area (Å²) in [4.78, 5) is 14.1. The number of nitrogens with one attached hydrogen (secondary N) is 1. The number of sulfonamides is 1. The van der Waals surface area contributed by atoms with E-state index in [2.05, 4.69) is 14.9 Å². The van der Waals surface area contributed by atoms with Gasteiger partial charge in [0, 0.05) is 38.2 Å². The van der Waals surface area contributed by atoms with Crippen molar-refractivity contribution in [3.05, 3.63) is 30.2 Å². The van der Waals surface area contributed by atoms with Crippen molar-refractivity contribution in [3.63, 3.8) is 0 Å². The van der Waals surface area contributed by atoms with Gasteiger partial charge in [-0.25, -0.2) is 13.1 Å². The molecule has 1 amide bonds. The number of hydrogen-bond donors (Lipinski definition) is 1. The Labute approximate surface area is 140 Å². The summed E-state index contributed by atoms with van der Waals surface area (Å²) in [7, 11) is -3.26. The molecule has 8 nitrogen and oxygen atoms in total. The van der Waals surface area contributed by atoms with Crippen molar-refractivity contribution in [2.24, 2.45) is 0 Å². The highest BCUT2D eigenvalue weighted by atomic mass is 32.2. The van der Waals surface area contributed by atoms with Gasteiger partial charge < -0.3 is 4.90 Å². The third-order valence-corrected chi connectivity index (χ3v) is 4.91. The predicted octanol–water partition coefficient (Wildman–Crippen LogP) is 0.375. The van der Waals surface area contributed by atoms with Crippen LogP contribution < -0.4 is 4.72 Å². The molecule has 2 aromatic rings. The van der Waals surface area contributed by atoms with Crippen LogP contribution in [0.3, 0.4) is 0 Å². The highest BCUT2D eigenvalue weighted by Gasteiger charge is 2.27. The maximum absolute atomic E-state index is 12.3. The van der Waals surface area contributed by atoms with Crippen LogP contribution in [0.25, 0.3) is 5.65 Å². The summed E-state index contributed by atoms with van der Waals surface area (Å²) in [5, 5.41) is 8.46. The molecule has 0 spiro atoms. The summed E-state index contributed by atoms with van der Waals surface area (Å²) in [6, 6.07) is 5.75. The van der Waals surface area contributed by atoms with E-state index in [0.717, 1.165) is 30.6 Å². The number of rotatable bonds is 5. The van der Waals surface area contributed by atoms with Crippen molar-refractivity contribution >= 4 is 21.6 Å². The van der Waals surface area contributed by atoms with Gasteiger partial charge in [-0.3, -0.25) is 9.20 Å². The molecule has 130 valence electrons. The average molecular weight is 351 g/mol. The highest BCUT2D eigenvalue weighted by Crippen LogP contribution is 2.26. The van der Waals surface area contributed by atoms with Gasteiger partial charge in [0.1, 0.15) is 5.82 Å². The fourth-order valence-electron chi connectivity index (χ4n) is 3.05. The Morgan fingerprint density at radius 1 is 1.38 bits per heavy atom. The average Bonchev–Trinajstić information content (AvgIpc) is 2.98. The Balaban J connectivity index is 1.65. The molecule has 2 aromatic heterocycles. The Hall–Kier alpha value is -2.00. The van der Waals surface area contributed by atoms with E-state index in [4.69, 9.17) is 0 Å². The van der Waals surface area contributed by atoms with Crippen molar-refractivity contribution in [3.8, 4) is 0 Å². The molecular weight excluding hydrogens is 330 g/mol. The minimum absolute atomic E-state index is 0.0373. The van der Waals surface area contributed by atoms with Gasteiger partial charge in [-0.2, -0.15) is 0 Å². The summed E-state index contributed by atoms with van der Waals surface area (Å²) in [5.74, 6) is 0.977. The fourth-order valence-corrected chi connectivity index (χ4v) is 3.53. The van der Waals surface area contributed by atoms with E-state index in [9.17, 15) is 13.2 Å². The molecule has 9 heteroatoms. The lowest BCUT2D eigenvalue weighted by molar-refractivity contribution is -0.132. The number of fused-ring (bicyclic) bond motifs is 1. The minimum Gasteiger partial charge on any atom is -0.342 e. The molecule has 1 aliphatic heterocycles. The van der Waals surface area contributed by atoms with Gasteiger partial charge in [-0.1, -0.05) is 6.07 Å². The first-order chi connectivity index (χ1) is 11.4. The lowest BCUT2D eigenvalue weighted by Gasteiger charge is -2.32. The molecule has 1 saturated heterocycles. The first-order valence-corrected chi connectivity index (χ1v) is 9.85. The van der Waals surface area contributed by atoms with Gasteiger partial charge in [0.2, 0.25) is 15.9 Å². The second-order valence-corrected chi connectivity index (χ2v) is 7.92. The third-order valence-electron chi connectivity index (χ3n) is 4.18. The van der Waals surface area contributed by atoms with Crippen LogP contribution in [0.1, 0.15) is 31.0 Å². The van der Waals surface area contributed by atoms with Gasteiger partial charge in [0.05, 0.1) is 6.26 Å². The maximum atomic E-state index is 12.3. The zero-order valence-electron chi connectivity index (χ0n) is 13.6. The van der Waals surface area contributed by atoms with Crippen molar-refractivity contribution in [1.29, 1.82) is 0 Å². The fraction of sp³-hybridized carbons (Fsp3) is 0.533. The van der Waals surface area contributed by atoms with Crippen LogP contribution >= 0.6 is 0 Å². The number of carbonyl (C=O) groups excluding carboxylic acids is 1. The van der Waals surface area contributed by atoms with Crippen LogP contribution in [0.4, 0.5) is 0 Å². The molecular formula is C15H21N5O3S. The van der Waals surface area contributed by atoms with E-state index in [-0.39, 0.29) is 24.8 Å². The molecule has 1 aliphatic rings. The molecule has 0 radical (unpaired) electrons. The van der Waals surface area contributed by atoms with Gasteiger partial charge in [-0.15, -0.1) is 10.2 Å². The summed E-state index contributed by atoms with van der Waals surface area (Å²) in [6.07, 6.45) is 5.05. The van der Waals surface area contributed by atoms with E-state index < -0.39 is 10.0 Å². The lowest BCUT2D eigenvalue weighted by atomic mass is 9.97. The Kier molecular flexibility index (Phi) is 4.81. The monoisotopic (exact) mass is 351 g/mol. The molecule has 0 aromatic carbocycles. The number of amides is 1. The molecule has 0 aliphatic carbocycles. The molecule has 1 N–H and O–H groups in total. The lowest BCUT2D eigenvalue weighted by Crippen LogP contribution is -2.40. The molecule has 1 unspecified atom stereocenters. The number of likely N-dealkylation sites (tertiary alicyclic amines) is 1. The Morgan fingerprint density at radius 2 is 2.21 bits per heavy atom. The number of pyridine rings is 1. The van der Waals surface area contributed by atoms with Crippen molar-refractivity contribution in [2.75, 3.05) is 25.9 Å². The van der Waals surface area contributed by atoms with Crippen LogP contribution in [-0.4, -0.2) is 59.7 Å². The summed E-state index contributed by atoms with van der Waals surface area (Å²) in [6.45, 7) is 1.42. The first-order valence-electron chi connectivity index (χ1n) is 7.96. The number of carbonyl (C=O) groups is 1. The van der Waals surface area contributed by atoms with Crippen LogP contribution in [0.15, 0.2) is 24.4 Å². The van der Waals surface area contributed by atoms with Crippen molar-refractivity contribution in [2.45, 2.75) is 25.2 Å². The molecule has 1 fully saturated rings. The highest BCUT2D eigenvalue weighted by molar-refractivity contribution is 7.88. The molecule has 1 atom stereocenters. The normalized spacial score (nSPS) is 18.9. The Bertz CT molecular complexity index is 833. The van der Waals surface area contributed by atoms with Crippen LogP contribution in [0, 0.1) is 0 Å². The van der Waals surface area contributed by atoms with E-state index >= 15 is 0 Å². The van der Waals surface area contributed by atoms with Gasteiger partial charge in [0.25, 0.3) is 0 Å². The van der Waals surface area contributed by atoms with E-state index in [0.29, 0.717) is 13.1 Å². The second kappa shape index (κ2) is 6.86. The summed E-state index contributed by atoms with van der Waals surface area (Å²) >= 11 is 0.